The Hall–Kier alpha value is -1.04. The van der Waals surface area contributed by atoms with E-state index in [0.717, 1.165) is 0 Å². The van der Waals surface area contributed by atoms with Gasteiger partial charge < -0.3 is 0 Å². The molecule has 0 fully saturated rings. The van der Waals surface area contributed by atoms with E-state index in [0.29, 0.717) is 5.92 Å². The lowest BCUT2D eigenvalue weighted by Gasteiger charge is -2.10. The molecule has 0 aromatic heterocycles. The normalized spacial score (nSPS) is 12.4. The second-order valence-corrected chi connectivity index (χ2v) is 4.31. The molecular formula is C15H22. The maximum absolute atomic E-state index is 3.91. The van der Waals surface area contributed by atoms with Crippen LogP contribution < -0.4 is 0 Å². The number of benzene rings is 1. The van der Waals surface area contributed by atoms with E-state index < -0.39 is 0 Å². The third-order valence-corrected chi connectivity index (χ3v) is 2.92. The van der Waals surface area contributed by atoms with Gasteiger partial charge in [0.15, 0.2) is 0 Å². The fourth-order valence-electron chi connectivity index (χ4n) is 1.86. The molecule has 0 radical (unpaired) electrons. The van der Waals surface area contributed by atoms with Gasteiger partial charge in [0.25, 0.3) is 0 Å². The van der Waals surface area contributed by atoms with Crippen LogP contribution in [0.4, 0.5) is 0 Å². The van der Waals surface area contributed by atoms with E-state index in [1.807, 2.05) is 0 Å². The van der Waals surface area contributed by atoms with Gasteiger partial charge in [-0.15, -0.1) is 6.58 Å². The van der Waals surface area contributed by atoms with Crippen molar-refractivity contribution >= 4 is 0 Å². The van der Waals surface area contributed by atoms with Crippen LogP contribution in [0.2, 0.25) is 0 Å². The van der Waals surface area contributed by atoms with Gasteiger partial charge in [-0.05, 0) is 37.7 Å². The fraction of sp³-hybridized carbons (Fsp3) is 0.467. The van der Waals surface area contributed by atoms with Gasteiger partial charge in [-0.1, -0.05) is 49.2 Å². The van der Waals surface area contributed by atoms with Crippen LogP contribution in [0.25, 0.3) is 0 Å². The molecule has 0 saturated heterocycles. The fourth-order valence-corrected chi connectivity index (χ4v) is 1.86. The molecule has 0 bridgehead atoms. The lowest BCUT2D eigenvalue weighted by Crippen LogP contribution is -1.98. The minimum absolute atomic E-state index is 0.691. The summed E-state index contributed by atoms with van der Waals surface area (Å²) in [7, 11) is 0. The van der Waals surface area contributed by atoms with Crippen LogP contribution in [0.3, 0.4) is 0 Å². The summed E-state index contributed by atoms with van der Waals surface area (Å²) in [6.07, 6.45) is 7.05. The molecule has 1 atom stereocenters. The van der Waals surface area contributed by atoms with Gasteiger partial charge in [0.1, 0.15) is 0 Å². The van der Waals surface area contributed by atoms with Gasteiger partial charge in [-0.25, -0.2) is 0 Å². The first-order valence-corrected chi connectivity index (χ1v) is 5.94. The first-order chi connectivity index (χ1) is 7.26. The maximum atomic E-state index is 3.91. The zero-order valence-corrected chi connectivity index (χ0v) is 10.00. The molecule has 1 rings (SSSR count). The summed E-state index contributed by atoms with van der Waals surface area (Å²) in [5.74, 6) is 0.691. The molecule has 1 aromatic carbocycles. The molecule has 15 heavy (non-hydrogen) atoms. The number of hydrogen-bond donors (Lipinski definition) is 0. The van der Waals surface area contributed by atoms with Gasteiger partial charge >= 0.3 is 0 Å². The first kappa shape index (κ1) is 12.0. The Balaban J connectivity index is 2.41. The van der Waals surface area contributed by atoms with Crippen molar-refractivity contribution in [2.24, 2.45) is 5.92 Å². The zero-order valence-electron chi connectivity index (χ0n) is 10.00. The van der Waals surface area contributed by atoms with Crippen LogP contribution in [-0.2, 0) is 6.42 Å². The van der Waals surface area contributed by atoms with Crippen molar-refractivity contribution in [2.75, 3.05) is 0 Å². The Labute approximate surface area is 94.0 Å². The number of hydrogen-bond acceptors (Lipinski definition) is 0. The molecule has 0 N–H and O–H groups in total. The summed E-state index contributed by atoms with van der Waals surface area (Å²) in [5.41, 5.74) is 2.79. The third-order valence-electron chi connectivity index (χ3n) is 2.92. The Morgan fingerprint density at radius 2 is 1.87 bits per heavy atom. The Kier molecular flexibility index (Phi) is 5.17. The molecule has 0 amide bonds. The molecule has 0 heterocycles. The number of rotatable bonds is 6. The van der Waals surface area contributed by atoms with Gasteiger partial charge in [0.2, 0.25) is 0 Å². The van der Waals surface area contributed by atoms with Crippen LogP contribution >= 0.6 is 0 Å². The maximum Gasteiger partial charge on any atom is -0.0233 e. The number of aryl methyl sites for hydroxylation is 2. The van der Waals surface area contributed by atoms with Crippen molar-refractivity contribution < 1.29 is 0 Å². The van der Waals surface area contributed by atoms with Crippen molar-refractivity contribution in [3.8, 4) is 0 Å². The lowest BCUT2D eigenvalue weighted by molar-refractivity contribution is 0.538. The summed E-state index contributed by atoms with van der Waals surface area (Å²) in [5, 5.41) is 0. The molecule has 0 spiro atoms. The quantitative estimate of drug-likeness (QED) is 0.594. The molecule has 1 unspecified atom stereocenters. The van der Waals surface area contributed by atoms with Crippen molar-refractivity contribution in [1.29, 1.82) is 0 Å². The predicted octanol–water partition coefficient (Wildman–Crippen LogP) is 4.53. The smallest absolute Gasteiger partial charge is 0.0233 e. The van der Waals surface area contributed by atoms with Crippen LogP contribution in [0.5, 0.6) is 0 Å². The molecule has 0 aliphatic heterocycles. The van der Waals surface area contributed by atoms with Crippen molar-refractivity contribution in [1.82, 2.24) is 0 Å². The number of allylic oxidation sites excluding steroid dienone is 1. The summed E-state index contributed by atoms with van der Waals surface area (Å²) in [6, 6.07) is 8.86. The van der Waals surface area contributed by atoms with Crippen LogP contribution in [0.1, 0.15) is 37.3 Å². The predicted molar refractivity (Wildman–Crippen MR) is 68.1 cm³/mol. The van der Waals surface area contributed by atoms with E-state index in [9.17, 15) is 0 Å². The summed E-state index contributed by atoms with van der Waals surface area (Å²) >= 11 is 0. The SMILES string of the molecule is C=CC(CCC)CCc1ccc(C)cc1. The molecule has 0 nitrogen and oxygen atoms in total. The summed E-state index contributed by atoms with van der Waals surface area (Å²) in [4.78, 5) is 0. The highest BCUT2D eigenvalue weighted by molar-refractivity contribution is 5.21. The van der Waals surface area contributed by atoms with E-state index in [2.05, 4.69) is 50.8 Å². The highest BCUT2D eigenvalue weighted by atomic mass is 14.1. The van der Waals surface area contributed by atoms with Crippen molar-refractivity contribution in [2.45, 2.75) is 39.5 Å². The average Bonchev–Trinajstić information content (AvgIpc) is 2.26. The summed E-state index contributed by atoms with van der Waals surface area (Å²) < 4.78 is 0. The highest BCUT2D eigenvalue weighted by Crippen LogP contribution is 2.16. The molecule has 82 valence electrons. The zero-order chi connectivity index (χ0) is 11.1. The third kappa shape index (κ3) is 4.33. The van der Waals surface area contributed by atoms with Gasteiger partial charge in [-0.3, -0.25) is 0 Å². The van der Waals surface area contributed by atoms with E-state index in [4.69, 9.17) is 0 Å². The molecule has 0 aliphatic rings. The van der Waals surface area contributed by atoms with E-state index in [1.165, 1.54) is 36.8 Å². The van der Waals surface area contributed by atoms with Crippen LogP contribution in [-0.4, -0.2) is 0 Å². The van der Waals surface area contributed by atoms with Crippen LogP contribution in [0, 0.1) is 12.8 Å². The molecule has 1 aromatic rings. The molecule has 0 saturated carbocycles. The second kappa shape index (κ2) is 6.44. The van der Waals surface area contributed by atoms with Crippen molar-refractivity contribution in [3.05, 3.63) is 48.0 Å². The second-order valence-electron chi connectivity index (χ2n) is 4.31. The lowest BCUT2D eigenvalue weighted by atomic mass is 9.95. The molecule has 0 aliphatic carbocycles. The van der Waals surface area contributed by atoms with E-state index >= 15 is 0 Å². The highest BCUT2D eigenvalue weighted by Gasteiger charge is 2.03. The first-order valence-electron chi connectivity index (χ1n) is 5.94. The van der Waals surface area contributed by atoms with Crippen LogP contribution in [0.15, 0.2) is 36.9 Å². The average molecular weight is 202 g/mol. The Morgan fingerprint density at radius 1 is 1.20 bits per heavy atom. The standard InChI is InChI=1S/C15H22/c1-4-6-14(5-2)11-12-15-9-7-13(3)8-10-15/h5,7-10,14H,2,4,6,11-12H2,1,3H3. The minimum atomic E-state index is 0.691. The van der Waals surface area contributed by atoms with E-state index in [1.54, 1.807) is 0 Å². The summed E-state index contributed by atoms with van der Waals surface area (Å²) in [6.45, 7) is 8.28. The van der Waals surface area contributed by atoms with Gasteiger partial charge in [0, 0.05) is 0 Å². The van der Waals surface area contributed by atoms with Crippen molar-refractivity contribution in [3.63, 3.8) is 0 Å². The molecular weight excluding hydrogens is 180 g/mol. The van der Waals surface area contributed by atoms with Gasteiger partial charge in [-0.2, -0.15) is 0 Å². The largest absolute Gasteiger partial charge is 0.103 e. The Bertz CT molecular complexity index is 281. The Morgan fingerprint density at radius 3 is 2.40 bits per heavy atom. The monoisotopic (exact) mass is 202 g/mol. The topological polar surface area (TPSA) is 0 Å². The van der Waals surface area contributed by atoms with E-state index in [-0.39, 0.29) is 0 Å². The molecule has 0 heteroatoms. The minimum Gasteiger partial charge on any atom is -0.103 e. The van der Waals surface area contributed by atoms with Gasteiger partial charge in [0.05, 0.1) is 0 Å².